The third-order valence-corrected chi connectivity index (χ3v) is 3.19. The summed E-state index contributed by atoms with van der Waals surface area (Å²) in [5.74, 6) is -0.169. The predicted molar refractivity (Wildman–Crippen MR) is 76.4 cm³/mol. The molecule has 1 aromatic rings. The lowest BCUT2D eigenvalue weighted by molar-refractivity contribution is 0.0697. The zero-order chi connectivity index (χ0) is 12.8. The van der Waals surface area contributed by atoms with Gasteiger partial charge in [0.2, 0.25) is 0 Å². The van der Waals surface area contributed by atoms with Crippen molar-refractivity contribution in [3.63, 3.8) is 0 Å². The van der Waals surface area contributed by atoms with Crippen LogP contribution in [0.1, 0.15) is 29.6 Å². The maximum absolute atomic E-state index is 10.7. The summed E-state index contributed by atoms with van der Waals surface area (Å²) in [6.07, 6.45) is 3.65. The Kier molecular flexibility index (Phi) is 6.67. The van der Waals surface area contributed by atoms with Gasteiger partial charge in [0.25, 0.3) is 0 Å². The van der Waals surface area contributed by atoms with Crippen molar-refractivity contribution in [3.05, 3.63) is 29.8 Å². The summed E-state index contributed by atoms with van der Waals surface area (Å²) in [6, 6.07) is 6.55. The van der Waals surface area contributed by atoms with Crippen LogP contribution >= 0.6 is 12.4 Å². The van der Waals surface area contributed by atoms with Crippen molar-refractivity contribution in [2.24, 2.45) is 0 Å². The summed E-state index contributed by atoms with van der Waals surface area (Å²) in [5, 5.41) is 8.76. The minimum Gasteiger partial charge on any atom is -0.494 e. The molecule has 19 heavy (non-hydrogen) atoms. The average molecular weight is 286 g/mol. The lowest BCUT2D eigenvalue weighted by atomic mass is 10.2. The molecule has 106 valence electrons. The van der Waals surface area contributed by atoms with Crippen LogP contribution in [0.2, 0.25) is 0 Å². The minimum absolute atomic E-state index is 0. The molecule has 1 aliphatic heterocycles. The smallest absolute Gasteiger partial charge is 0.335 e. The van der Waals surface area contributed by atoms with Crippen LogP contribution < -0.4 is 4.74 Å². The number of carbonyl (C=O) groups is 1. The van der Waals surface area contributed by atoms with Gasteiger partial charge in [-0.1, -0.05) is 0 Å². The summed E-state index contributed by atoms with van der Waals surface area (Å²) in [7, 11) is 0. The van der Waals surface area contributed by atoms with E-state index >= 15 is 0 Å². The Hall–Kier alpha value is -1.26. The van der Waals surface area contributed by atoms with Gasteiger partial charge in [0, 0.05) is 6.54 Å². The van der Waals surface area contributed by atoms with E-state index in [0.29, 0.717) is 12.2 Å². The highest BCUT2D eigenvalue weighted by Crippen LogP contribution is 2.13. The molecule has 0 radical (unpaired) electrons. The molecule has 1 aliphatic rings. The van der Waals surface area contributed by atoms with Gasteiger partial charge in [0.05, 0.1) is 12.2 Å². The van der Waals surface area contributed by atoms with E-state index in [4.69, 9.17) is 9.84 Å². The van der Waals surface area contributed by atoms with Crippen molar-refractivity contribution in [2.45, 2.75) is 19.3 Å². The Morgan fingerprint density at radius 3 is 2.42 bits per heavy atom. The summed E-state index contributed by atoms with van der Waals surface area (Å²) in [4.78, 5) is 13.1. The summed E-state index contributed by atoms with van der Waals surface area (Å²) in [5.41, 5.74) is 0.291. The fraction of sp³-hybridized carbons (Fsp3) is 0.500. The zero-order valence-electron chi connectivity index (χ0n) is 10.9. The molecule has 0 aliphatic carbocycles. The number of benzene rings is 1. The molecule has 0 saturated carbocycles. The number of ether oxygens (including phenoxy) is 1. The van der Waals surface area contributed by atoms with Crippen molar-refractivity contribution >= 4 is 18.4 Å². The Morgan fingerprint density at radius 2 is 1.84 bits per heavy atom. The van der Waals surface area contributed by atoms with E-state index in [-0.39, 0.29) is 12.4 Å². The first kappa shape index (κ1) is 15.8. The van der Waals surface area contributed by atoms with Crippen molar-refractivity contribution in [1.29, 1.82) is 0 Å². The first-order valence-corrected chi connectivity index (χ1v) is 6.44. The van der Waals surface area contributed by atoms with Gasteiger partial charge in [-0.05, 0) is 56.6 Å². The molecule has 4 nitrogen and oxygen atoms in total. The monoisotopic (exact) mass is 285 g/mol. The number of carboxylic acid groups (broad SMARTS) is 1. The maximum Gasteiger partial charge on any atom is 0.335 e. The van der Waals surface area contributed by atoms with Crippen LogP contribution in [0.15, 0.2) is 24.3 Å². The standard InChI is InChI=1S/C14H19NO3.ClH/c16-14(17)12-4-6-13(7-5-12)18-11-3-10-15-8-1-2-9-15;/h4-7H,1-3,8-11H2,(H,16,17);1H. The zero-order valence-corrected chi connectivity index (χ0v) is 11.7. The molecule has 5 heteroatoms. The average Bonchev–Trinajstić information content (AvgIpc) is 2.88. The predicted octanol–water partition coefficient (Wildman–Crippen LogP) is 2.67. The summed E-state index contributed by atoms with van der Waals surface area (Å²) < 4.78 is 5.58. The molecule has 1 saturated heterocycles. The Labute approximate surface area is 119 Å². The first-order valence-electron chi connectivity index (χ1n) is 6.44. The van der Waals surface area contributed by atoms with Gasteiger partial charge < -0.3 is 14.7 Å². The molecular weight excluding hydrogens is 266 g/mol. The number of aromatic carboxylic acids is 1. The molecule has 1 aromatic carbocycles. The number of nitrogens with zero attached hydrogens (tertiary/aromatic N) is 1. The highest BCUT2D eigenvalue weighted by molar-refractivity contribution is 5.87. The Morgan fingerprint density at radius 1 is 1.21 bits per heavy atom. The highest BCUT2D eigenvalue weighted by Gasteiger charge is 2.10. The second-order valence-corrected chi connectivity index (χ2v) is 4.58. The molecule has 0 bridgehead atoms. The maximum atomic E-state index is 10.7. The number of likely N-dealkylation sites (tertiary alicyclic amines) is 1. The van der Waals surface area contributed by atoms with Crippen LogP contribution in [0.25, 0.3) is 0 Å². The van der Waals surface area contributed by atoms with Crippen LogP contribution in [-0.2, 0) is 0 Å². The van der Waals surface area contributed by atoms with Crippen LogP contribution in [0.4, 0.5) is 0 Å². The fourth-order valence-corrected chi connectivity index (χ4v) is 2.18. The van der Waals surface area contributed by atoms with E-state index in [0.717, 1.165) is 18.7 Å². The number of rotatable bonds is 6. The fourth-order valence-electron chi connectivity index (χ4n) is 2.18. The molecule has 0 unspecified atom stereocenters. The first-order chi connectivity index (χ1) is 8.75. The lowest BCUT2D eigenvalue weighted by Gasteiger charge is -2.14. The van der Waals surface area contributed by atoms with Gasteiger partial charge in [-0.25, -0.2) is 4.79 Å². The number of halogens is 1. The third-order valence-electron chi connectivity index (χ3n) is 3.19. The van der Waals surface area contributed by atoms with Gasteiger partial charge >= 0.3 is 5.97 Å². The molecule has 0 spiro atoms. The quantitative estimate of drug-likeness (QED) is 0.817. The van der Waals surface area contributed by atoms with E-state index in [1.807, 2.05) is 0 Å². The van der Waals surface area contributed by atoms with Crippen LogP contribution in [0, 0.1) is 0 Å². The van der Waals surface area contributed by atoms with E-state index in [1.165, 1.54) is 25.9 Å². The second kappa shape index (κ2) is 8.02. The van der Waals surface area contributed by atoms with Gasteiger partial charge in [-0.2, -0.15) is 0 Å². The SMILES string of the molecule is Cl.O=C(O)c1ccc(OCCCN2CCCC2)cc1. The molecule has 1 heterocycles. The number of hydrogen-bond donors (Lipinski definition) is 1. The second-order valence-electron chi connectivity index (χ2n) is 4.58. The topological polar surface area (TPSA) is 49.8 Å². The van der Waals surface area contributed by atoms with Crippen LogP contribution in [-0.4, -0.2) is 42.2 Å². The molecule has 1 N–H and O–H groups in total. The van der Waals surface area contributed by atoms with Gasteiger partial charge in [0.1, 0.15) is 5.75 Å². The summed E-state index contributed by atoms with van der Waals surface area (Å²) in [6.45, 7) is 4.21. The van der Waals surface area contributed by atoms with Crippen molar-refractivity contribution in [3.8, 4) is 5.75 Å². The minimum atomic E-state index is -0.907. The van der Waals surface area contributed by atoms with Crippen LogP contribution in [0.3, 0.4) is 0 Å². The molecule has 1 fully saturated rings. The van der Waals surface area contributed by atoms with Gasteiger partial charge in [-0.3, -0.25) is 0 Å². The van der Waals surface area contributed by atoms with Crippen molar-refractivity contribution in [2.75, 3.05) is 26.2 Å². The molecular formula is C14H20ClNO3. The van der Waals surface area contributed by atoms with Gasteiger partial charge in [0.15, 0.2) is 0 Å². The van der Waals surface area contributed by atoms with E-state index < -0.39 is 5.97 Å². The number of hydrogen-bond acceptors (Lipinski definition) is 3. The van der Waals surface area contributed by atoms with E-state index in [2.05, 4.69) is 4.90 Å². The largest absolute Gasteiger partial charge is 0.494 e. The normalized spacial score (nSPS) is 14.9. The van der Waals surface area contributed by atoms with Crippen molar-refractivity contribution < 1.29 is 14.6 Å². The summed E-state index contributed by atoms with van der Waals surface area (Å²) >= 11 is 0. The molecule has 2 rings (SSSR count). The molecule has 0 atom stereocenters. The third kappa shape index (κ3) is 5.09. The van der Waals surface area contributed by atoms with Crippen molar-refractivity contribution in [1.82, 2.24) is 4.90 Å². The van der Waals surface area contributed by atoms with E-state index in [9.17, 15) is 4.79 Å². The van der Waals surface area contributed by atoms with Gasteiger partial charge in [-0.15, -0.1) is 12.4 Å². The lowest BCUT2D eigenvalue weighted by Crippen LogP contribution is -2.21. The highest BCUT2D eigenvalue weighted by atomic mass is 35.5. The molecule has 0 aromatic heterocycles. The molecule has 0 amide bonds. The van der Waals surface area contributed by atoms with Crippen LogP contribution in [0.5, 0.6) is 5.75 Å². The number of carboxylic acids is 1. The van der Waals surface area contributed by atoms with E-state index in [1.54, 1.807) is 24.3 Å². The Bertz CT molecular complexity index is 388. The Balaban J connectivity index is 0.00000180.